The van der Waals surface area contributed by atoms with Crippen LogP contribution in [0.5, 0.6) is 0 Å². The largest absolute Gasteiger partial charge is 0.756 e. The van der Waals surface area contributed by atoms with Gasteiger partial charge in [0.15, 0.2) is 18.9 Å². The molecule has 0 saturated carbocycles. The van der Waals surface area contributed by atoms with E-state index in [2.05, 4.69) is 173 Å². The minimum atomic E-state index is -6.16. The van der Waals surface area contributed by atoms with Gasteiger partial charge in [-0.05, 0) is 212 Å². The molecular formula is C90H151N3O39P5-5. The minimum absolute atomic E-state index is 0.481. The van der Waals surface area contributed by atoms with Gasteiger partial charge in [-0.15, -0.1) is 0 Å². The molecule has 790 valence electrons. The number of hydrogen-bond donors (Lipinski definition) is 15. The van der Waals surface area contributed by atoms with Crippen molar-refractivity contribution in [1.82, 2.24) is 16.0 Å². The van der Waals surface area contributed by atoms with Crippen molar-refractivity contribution in [2.45, 2.75) is 355 Å². The Hall–Kier alpha value is -4.54. The Morgan fingerprint density at radius 2 is 0.642 bits per heavy atom. The third kappa shape index (κ3) is 52.7. The number of amides is 3. The fourth-order valence-electron chi connectivity index (χ4n) is 14.2. The lowest BCUT2D eigenvalue weighted by Crippen LogP contribution is -2.69. The summed E-state index contributed by atoms with van der Waals surface area (Å²) >= 11 is 0. The number of hydrogen-bond acceptors (Lipinski definition) is 39. The number of phosphoric acid groups is 5. The number of ether oxygens (including phenoxy) is 5. The Morgan fingerprint density at radius 1 is 0.343 bits per heavy atom. The van der Waals surface area contributed by atoms with Gasteiger partial charge < -0.3 is 157 Å². The SMILES string of the molecule is CC(=O)N[C@H]1[C@@H](OP(=O)([O-])OP(=O)([O-])OC/C=C(/C)CC/C=C(/C)CC/C=C(/C)CC/C=C(/C)CC/C=C(/C)CC/C=C(/C)CC/C=C(/C)CC/C=C(/C)CC/C=C(\C)CC/C=C(\C)CCC=C(C)C)O[C@H](CO)[C@@H](O[C@@H]2O[C@H](CO)[C@@H](OP(=O)([O-])OC[C@H](O)COP(=O)([O-])OC[C@H](O)COP(=O)([O-])OC[C@H](O[C@H]3O[C@H](CO)[C@@H](O)[C@H](O)[C@H]3NC(C)=O)[C@H](O)[C@H](O)CO)[C@H](O)[C@H]2NC(C)=O)[C@@H]1O. The van der Waals surface area contributed by atoms with Crippen LogP contribution in [0.4, 0.5) is 0 Å². The van der Waals surface area contributed by atoms with Crippen LogP contribution in [0.1, 0.15) is 232 Å². The van der Waals surface area contributed by atoms with E-state index in [1.165, 1.54) is 56.2 Å². The first kappa shape index (κ1) is 127. The number of allylic oxidation sites excluding steroid dienone is 21. The number of rotatable bonds is 67. The van der Waals surface area contributed by atoms with Crippen molar-refractivity contribution in [1.29, 1.82) is 0 Å². The molecule has 42 nitrogen and oxygen atoms in total. The molecule has 0 aromatic carbocycles. The van der Waals surface area contributed by atoms with Gasteiger partial charge in [0.1, 0.15) is 104 Å². The molecule has 0 radical (unpaired) electrons. The normalized spacial score (nSPS) is 26.8. The first-order valence-electron chi connectivity index (χ1n) is 45.8. The van der Waals surface area contributed by atoms with Crippen molar-refractivity contribution in [2.75, 3.05) is 66.1 Å². The second-order valence-corrected chi connectivity index (χ2v) is 42.2. The van der Waals surface area contributed by atoms with Crippen molar-refractivity contribution in [2.24, 2.45) is 0 Å². The van der Waals surface area contributed by atoms with E-state index in [1.807, 2.05) is 6.92 Å². The van der Waals surface area contributed by atoms with Crippen molar-refractivity contribution < 1.29 is 187 Å². The van der Waals surface area contributed by atoms with E-state index in [1.54, 1.807) is 6.92 Å². The van der Waals surface area contributed by atoms with Crippen LogP contribution in [0.2, 0.25) is 0 Å². The van der Waals surface area contributed by atoms with Gasteiger partial charge in [-0.3, -0.25) is 41.7 Å². The summed E-state index contributed by atoms with van der Waals surface area (Å²) in [7, 11) is -29.2. The van der Waals surface area contributed by atoms with E-state index in [9.17, 15) is 123 Å². The Morgan fingerprint density at radius 3 is 0.985 bits per heavy atom. The molecule has 0 aliphatic carbocycles. The molecule has 0 aromatic rings. The maximum absolute atomic E-state index is 13.3. The van der Waals surface area contributed by atoms with Crippen molar-refractivity contribution in [3.63, 3.8) is 0 Å². The first-order valence-corrected chi connectivity index (χ1v) is 53.1. The lowest BCUT2D eigenvalue weighted by atomic mass is 9.94. The lowest BCUT2D eigenvalue weighted by Gasteiger charge is -2.49. The Labute approximate surface area is 805 Å². The summed E-state index contributed by atoms with van der Waals surface area (Å²) < 4.78 is 134. The number of aliphatic hydroxyl groups is 12. The average molecular weight is 2050 g/mol. The number of nitrogens with one attached hydrogen (secondary N) is 3. The quantitative estimate of drug-likeness (QED) is 0.0231. The third-order valence-electron chi connectivity index (χ3n) is 22.1. The first-order chi connectivity index (χ1) is 64.1. The van der Waals surface area contributed by atoms with Gasteiger partial charge in [-0.1, -0.05) is 128 Å². The van der Waals surface area contributed by atoms with Crippen molar-refractivity contribution in [3.8, 4) is 0 Å². The molecule has 3 saturated heterocycles. The van der Waals surface area contributed by atoms with Gasteiger partial charge in [-0.2, -0.15) is 0 Å². The predicted molar refractivity (Wildman–Crippen MR) is 495 cm³/mol. The van der Waals surface area contributed by atoms with E-state index in [4.69, 9.17) is 37.3 Å². The van der Waals surface area contributed by atoms with E-state index in [-0.39, 0.29) is 0 Å². The molecule has 0 bridgehead atoms. The summed E-state index contributed by atoms with van der Waals surface area (Å²) in [6, 6.07) is -5.76. The Balaban J connectivity index is 1.45. The van der Waals surface area contributed by atoms with Gasteiger partial charge >= 0.3 is 0 Å². The molecule has 137 heavy (non-hydrogen) atoms. The highest BCUT2D eigenvalue weighted by Crippen LogP contribution is 2.57. The summed E-state index contributed by atoms with van der Waals surface area (Å²) in [4.78, 5) is 102. The van der Waals surface area contributed by atoms with Gasteiger partial charge in [0.25, 0.3) is 39.1 Å². The molecule has 3 rings (SSSR count). The maximum Gasteiger partial charge on any atom is 0.276 e. The Kier molecular flexibility index (Phi) is 60.1. The number of aliphatic hydroxyl groups excluding tert-OH is 12. The molecular weight excluding hydrogens is 1900 g/mol. The lowest BCUT2D eigenvalue weighted by molar-refractivity contribution is -0.333. The highest BCUT2D eigenvalue weighted by atomic mass is 31.3. The number of phosphoric ester groups is 5. The molecule has 15 N–H and O–H groups in total. The standard InChI is InChI=1S/C90H156N3O39P5/c1-57(2)26-16-27-58(3)28-17-29-59(4)30-18-31-60(5)32-19-33-61(6)34-20-35-62(7)36-21-37-63(8)38-22-39-64(9)40-23-41-65(10)42-24-43-66(11)44-25-45-67(12)46-47-119-136(115,116)132-137(117,118)131-90-80(93-70(15)100)84(107)86(75(50-96)127-90)129-89-79(92-69(14)99)85(108)87(76(51-97)126-89)130-135(113,114)123-55-72(102)54-121-133(109,110)120-52-71(101)53-122-134(111,112)124-56-77(81(104)73(103)48-94)128-88-78(91-68(13)98)83(106)82(105)74(49-95)125-88/h26,28,30,32,34,36,38,40,42,44,46,71-90,94-97,101-108H,16-25,27,29,31,33,35,37,39,41,43,45,47-56H2,1-15H3,(H,91,98)(H,92,99)(H,93,100)(H,109,110)(H,111,112)(H,113,114)(H,115,116)(H,117,118)/p-5/b58-28+,59-30+,60-32-,61-34-,62-36-,63-38-,64-40-,65-42-,66-44-,67-46-/t71-,72+,73+,74+,75+,76+,77-,78+,79+,80+,81+,82+,83+,84+,85+,86+,87+,88+,89-,90+/m0/s1. The van der Waals surface area contributed by atoms with Crippen LogP contribution in [0.25, 0.3) is 0 Å². The summed E-state index contributed by atoms with van der Waals surface area (Å²) in [6.07, 6.45) is 8.99. The average Bonchev–Trinajstić information content (AvgIpc) is 0.759. The number of carbonyl (C=O) groups is 3. The van der Waals surface area contributed by atoms with Crippen LogP contribution in [0.15, 0.2) is 128 Å². The molecule has 3 aliphatic heterocycles. The Bertz CT molecular complexity index is 4280. The highest BCUT2D eigenvalue weighted by Gasteiger charge is 2.54. The maximum atomic E-state index is 13.3. The van der Waals surface area contributed by atoms with Crippen LogP contribution >= 0.6 is 39.1 Å². The van der Waals surface area contributed by atoms with Crippen LogP contribution in [-0.2, 0) is 101 Å². The molecule has 25 atom stereocenters. The topological polar surface area (TPSA) is 660 Å². The minimum Gasteiger partial charge on any atom is -0.756 e. The molecule has 47 heteroatoms. The zero-order valence-electron chi connectivity index (χ0n) is 81.2. The zero-order chi connectivity index (χ0) is 103. The third-order valence-corrected chi connectivity index (χ3v) is 27.4. The van der Waals surface area contributed by atoms with Crippen molar-refractivity contribution >= 4 is 56.8 Å². The summed E-state index contributed by atoms with van der Waals surface area (Å²) in [6.45, 7) is 16.5. The van der Waals surface area contributed by atoms with Crippen LogP contribution in [-0.4, -0.2) is 268 Å². The predicted octanol–water partition coefficient (Wildman–Crippen LogP) is 6.39. The van der Waals surface area contributed by atoms with Crippen LogP contribution < -0.4 is 40.4 Å². The van der Waals surface area contributed by atoms with E-state index < -0.39 is 245 Å². The molecule has 3 heterocycles. The van der Waals surface area contributed by atoms with Crippen LogP contribution in [0, 0.1) is 0 Å². The summed E-state index contributed by atoms with van der Waals surface area (Å²) in [5.74, 6) is -2.82. The molecule has 0 aromatic heterocycles. The molecule has 5 unspecified atom stereocenters. The van der Waals surface area contributed by atoms with E-state index in [0.29, 0.717) is 18.4 Å². The van der Waals surface area contributed by atoms with Gasteiger partial charge in [0.05, 0.1) is 66.1 Å². The fraction of sp³-hybridized carbons (Fsp3) is 0.722. The highest BCUT2D eigenvalue weighted by molar-refractivity contribution is 7.59. The van der Waals surface area contributed by atoms with Crippen LogP contribution in [0.3, 0.4) is 0 Å². The molecule has 3 aliphatic rings. The molecule has 3 amide bonds. The smallest absolute Gasteiger partial charge is 0.276 e. The van der Waals surface area contributed by atoms with Gasteiger partial charge in [-0.25, -0.2) is 4.31 Å². The van der Waals surface area contributed by atoms with Gasteiger partial charge in [0.2, 0.25) is 17.7 Å². The zero-order valence-corrected chi connectivity index (χ0v) is 85.7. The molecule has 0 spiro atoms. The second-order valence-electron chi connectivity index (χ2n) is 35.1. The molecule has 3 fully saturated rings. The van der Waals surface area contributed by atoms with Crippen molar-refractivity contribution in [3.05, 3.63) is 128 Å². The fourth-order valence-corrected chi connectivity index (χ4v) is 18.7. The summed E-state index contributed by atoms with van der Waals surface area (Å²) in [5, 5.41) is 132. The van der Waals surface area contributed by atoms with E-state index >= 15 is 0 Å². The second kappa shape index (κ2) is 65.1. The van der Waals surface area contributed by atoms with Gasteiger partial charge in [0, 0.05) is 20.8 Å². The number of carbonyl (C=O) groups excluding carboxylic acids is 3. The monoisotopic (exact) mass is 2050 g/mol. The summed E-state index contributed by atoms with van der Waals surface area (Å²) in [5.41, 5.74) is 14.6. The van der Waals surface area contributed by atoms with E-state index in [0.717, 1.165) is 142 Å².